The molecule has 3 nitrogen and oxygen atoms in total. The summed E-state index contributed by atoms with van der Waals surface area (Å²) in [5, 5.41) is 9.49. The smallest absolute Gasteiger partial charge is 0.343 e. The van der Waals surface area contributed by atoms with Gasteiger partial charge in [-0.15, -0.1) is 0 Å². The van der Waals surface area contributed by atoms with Gasteiger partial charge in [0, 0.05) is 6.07 Å². The molecule has 2 rings (SSSR count). The zero-order valence-corrected chi connectivity index (χ0v) is 9.38. The van der Waals surface area contributed by atoms with Crippen molar-refractivity contribution in [2.75, 3.05) is 0 Å². The molecule has 0 aliphatic heterocycles. The Bertz CT molecular complexity index is 532. The summed E-state index contributed by atoms with van der Waals surface area (Å²) >= 11 is 0. The predicted molar refractivity (Wildman–Crippen MR) is 64.2 cm³/mol. The average Bonchev–Trinajstić information content (AvgIpc) is 2.35. The van der Waals surface area contributed by atoms with E-state index in [2.05, 4.69) is 0 Å². The quantitative estimate of drug-likeness (QED) is 0.635. The Hall–Kier alpha value is -2.29. The molecule has 0 fully saturated rings. The lowest BCUT2D eigenvalue weighted by Crippen LogP contribution is -2.07. The molecule has 0 spiro atoms. The van der Waals surface area contributed by atoms with Crippen molar-refractivity contribution in [3.8, 4) is 11.5 Å². The van der Waals surface area contributed by atoms with Gasteiger partial charge in [0.1, 0.15) is 11.5 Å². The van der Waals surface area contributed by atoms with Crippen LogP contribution in [-0.4, -0.2) is 11.1 Å². The second kappa shape index (κ2) is 4.70. The number of hydrogen-bond acceptors (Lipinski definition) is 3. The summed E-state index contributed by atoms with van der Waals surface area (Å²) in [7, 11) is 0. The van der Waals surface area contributed by atoms with E-state index in [0.717, 1.165) is 5.56 Å². The molecule has 0 amide bonds. The van der Waals surface area contributed by atoms with E-state index in [1.54, 1.807) is 43.3 Å². The van der Waals surface area contributed by atoms with E-state index >= 15 is 0 Å². The van der Waals surface area contributed by atoms with Crippen molar-refractivity contribution in [1.29, 1.82) is 0 Å². The van der Waals surface area contributed by atoms with Crippen molar-refractivity contribution in [2.45, 2.75) is 6.92 Å². The molecule has 0 unspecified atom stereocenters. The predicted octanol–water partition coefficient (Wildman–Crippen LogP) is 2.92. The lowest BCUT2D eigenvalue weighted by Gasteiger charge is -2.05. The largest absolute Gasteiger partial charge is 0.508 e. The first kappa shape index (κ1) is 11.2. The van der Waals surface area contributed by atoms with Crippen molar-refractivity contribution < 1.29 is 14.6 Å². The minimum absolute atomic E-state index is 0.114. The van der Waals surface area contributed by atoms with E-state index in [4.69, 9.17) is 4.74 Å². The summed E-state index contributed by atoms with van der Waals surface area (Å²) in [6.45, 7) is 1.78. The highest BCUT2D eigenvalue weighted by Gasteiger charge is 2.08. The van der Waals surface area contributed by atoms with Gasteiger partial charge in [0.25, 0.3) is 0 Å². The zero-order valence-electron chi connectivity index (χ0n) is 9.38. The van der Waals surface area contributed by atoms with Crippen LogP contribution in [0.4, 0.5) is 0 Å². The van der Waals surface area contributed by atoms with Crippen molar-refractivity contribution in [3.05, 3.63) is 59.7 Å². The third-order valence-corrected chi connectivity index (χ3v) is 2.40. The molecule has 1 N–H and O–H groups in total. The molecule has 86 valence electrons. The summed E-state index contributed by atoms with van der Waals surface area (Å²) in [5.74, 6) is 0.0131. The third kappa shape index (κ3) is 2.64. The number of hydrogen-bond donors (Lipinski definition) is 1. The van der Waals surface area contributed by atoms with Crippen LogP contribution >= 0.6 is 0 Å². The monoisotopic (exact) mass is 228 g/mol. The molecule has 3 heteroatoms. The van der Waals surface area contributed by atoms with E-state index < -0.39 is 5.97 Å². The maximum Gasteiger partial charge on any atom is 0.343 e. The average molecular weight is 228 g/mol. The van der Waals surface area contributed by atoms with Gasteiger partial charge in [-0.3, -0.25) is 0 Å². The number of phenols is 1. The van der Waals surface area contributed by atoms with Crippen LogP contribution in [0.1, 0.15) is 15.9 Å². The number of carbonyl (C=O) groups is 1. The summed E-state index contributed by atoms with van der Waals surface area (Å²) in [6.07, 6.45) is 0. The Morgan fingerprint density at radius 3 is 2.47 bits per heavy atom. The number of ether oxygens (including phenoxy) is 1. The van der Waals surface area contributed by atoms with E-state index in [0.29, 0.717) is 11.3 Å². The summed E-state index contributed by atoms with van der Waals surface area (Å²) in [4.78, 5) is 11.7. The molecule has 0 heterocycles. The fraction of sp³-hybridized carbons (Fsp3) is 0.0714. The number of carbonyl (C=O) groups excluding carboxylic acids is 1. The molecule has 0 aliphatic rings. The maximum atomic E-state index is 11.7. The van der Waals surface area contributed by atoms with Crippen molar-refractivity contribution in [2.24, 2.45) is 0 Å². The zero-order chi connectivity index (χ0) is 12.3. The second-order valence-corrected chi connectivity index (χ2v) is 3.70. The minimum Gasteiger partial charge on any atom is -0.508 e. The number of rotatable bonds is 2. The first-order valence-corrected chi connectivity index (χ1v) is 5.23. The fourth-order valence-corrected chi connectivity index (χ4v) is 1.39. The van der Waals surface area contributed by atoms with Crippen LogP contribution < -0.4 is 4.74 Å². The first-order valence-electron chi connectivity index (χ1n) is 5.23. The van der Waals surface area contributed by atoms with Crippen molar-refractivity contribution in [3.63, 3.8) is 0 Å². The second-order valence-electron chi connectivity index (χ2n) is 3.70. The Morgan fingerprint density at radius 1 is 1.12 bits per heavy atom. The van der Waals surface area contributed by atoms with Crippen LogP contribution in [0, 0.1) is 6.92 Å². The Balaban J connectivity index is 2.16. The highest BCUT2D eigenvalue weighted by atomic mass is 16.5. The van der Waals surface area contributed by atoms with Gasteiger partial charge in [-0.1, -0.05) is 24.3 Å². The maximum absolute atomic E-state index is 11.7. The van der Waals surface area contributed by atoms with Gasteiger partial charge in [0.05, 0.1) is 5.56 Å². The van der Waals surface area contributed by atoms with E-state index in [9.17, 15) is 9.90 Å². The topological polar surface area (TPSA) is 46.5 Å². The molecular formula is C14H12O3. The van der Waals surface area contributed by atoms with Gasteiger partial charge in [-0.25, -0.2) is 4.79 Å². The van der Waals surface area contributed by atoms with Crippen LogP contribution in [0.25, 0.3) is 0 Å². The van der Waals surface area contributed by atoms with Crippen LogP contribution in [0.2, 0.25) is 0 Å². The molecule has 0 radical (unpaired) electrons. The van der Waals surface area contributed by atoms with Crippen LogP contribution in [0.5, 0.6) is 11.5 Å². The SMILES string of the molecule is Cc1ccc(OC(=O)c2ccccc2)cc1O. The Labute approximate surface area is 99.3 Å². The normalized spacial score (nSPS) is 9.94. The summed E-state index contributed by atoms with van der Waals surface area (Å²) in [5.41, 5.74) is 1.22. The molecule has 0 bridgehead atoms. The molecule has 0 saturated carbocycles. The highest BCUT2D eigenvalue weighted by Crippen LogP contribution is 2.23. The molecule has 0 saturated heterocycles. The Morgan fingerprint density at radius 2 is 1.82 bits per heavy atom. The Kier molecular flexibility index (Phi) is 3.10. The van der Waals surface area contributed by atoms with E-state index in [-0.39, 0.29) is 5.75 Å². The van der Waals surface area contributed by atoms with Crippen molar-refractivity contribution >= 4 is 5.97 Å². The van der Waals surface area contributed by atoms with Crippen molar-refractivity contribution in [1.82, 2.24) is 0 Å². The molecule has 17 heavy (non-hydrogen) atoms. The highest BCUT2D eigenvalue weighted by molar-refractivity contribution is 5.91. The van der Waals surface area contributed by atoms with Gasteiger partial charge in [0.15, 0.2) is 0 Å². The lowest BCUT2D eigenvalue weighted by molar-refractivity contribution is 0.0734. The lowest BCUT2D eigenvalue weighted by atomic mass is 10.2. The summed E-state index contributed by atoms with van der Waals surface area (Å²) < 4.78 is 5.14. The molecule has 0 aliphatic carbocycles. The van der Waals surface area contributed by atoms with Gasteiger partial charge in [0.2, 0.25) is 0 Å². The van der Waals surface area contributed by atoms with Crippen LogP contribution in [0.3, 0.4) is 0 Å². The number of aryl methyl sites for hydroxylation is 1. The molecule has 2 aromatic carbocycles. The number of benzene rings is 2. The third-order valence-electron chi connectivity index (χ3n) is 2.40. The number of aromatic hydroxyl groups is 1. The summed E-state index contributed by atoms with van der Waals surface area (Å²) in [6, 6.07) is 13.5. The van der Waals surface area contributed by atoms with E-state index in [1.807, 2.05) is 6.07 Å². The van der Waals surface area contributed by atoms with Gasteiger partial charge < -0.3 is 9.84 Å². The number of phenolic OH excluding ortho intramolecular Hbond substituents is 1. The van der Waals surface area contributed by atoms with Gasteiger partial charge in [-0.2, -0.15) is 0 Å². The first-order chi connectivity index (χ1) is 8.16. The molecular weight excluding hydrogens is 216 g/mol. The fourth-order valence-electron chi connectivity index (χ4n) is 1.39. The standard InChI is InChI=1S/C14H12O3/c1-10-7-8-12(9-13(10)15)17-14(16)11-5-3-2-4-6-11/h2-9,15H,1H3. The van der Waals surface area contributed by atoms with Crippen LogP contribution in [0.15, 0.2) is 48.5 Å². The molecule has 2 aromatic rings. The van der Waals surface area contributed by atoms with Gasteiger partial charge in [-0.05, 0) is 30.7 Å². The number of esters is 1. The molecule has 0 aromatic heterocycles. The minimum atomic E-state index is -0.436. The van der Waals surface area contributed by atoms with Crippen LogP contribution in [-0.2, 0) is 0 Å². The van der Waals surface area contributed by atoms with E-state index in [1.165, 1.54) is 6.07 Å². The van der Waals surface area contributed by atoms with Gasteiger partial charge >= 0.3 is 5.97 Å². The molecule has 0 atom stereocenters.